The Bertz CT molecular complexity index is 557. The van der Waals surface area contributed by atoms with Crippen LogP contribution in [0.15, 0.2) is 53.0 Å². The summed E-state index contributed by atoms with van der Waals surface area (Å²) in [6.07, 6.45) is 1.78. The molecule has 4 heteroatoms. The summed E-state index contributed by atoms with van der Waals surface area (Å²) in [4.78, 5) is 0. The van der Waals surface area contributed by atoms with Crippen LogP contribution in [0, 0.1) is 11.7 Å². The van der Waals surface area contributed by atoms with Gasteiger partial charge in [0.2, 0.25) is 0 Å². The third kappa shape index (κ3) is 5.79. The fraction of sp³-hybridized carbons (Fsp3) is 0.294. The normalized spacial score (nSPS) is 12.1. The highest BCUT2D eigenvalue weighted by atomic mass is 79.9. The summed E-state index contributed by atoms with van der Waals surface area (Å²) < 4.78 is 20.0. The van der Waals surface area contributed by atoms with Crippen LogP contribution in [-0.4, -0.2) is 11.9 Å². The van der Waals surface area contributed by atoms with Crippen molar-refractivity contribution in [2.24, 2.45) is 5.92 Å². The molecule has 2 aromatic carbocycles. The van der Waals surface area contributed by atoms with Crippen LogP contribution >= 0.6 is 31.9 Å². The third-order valence-corrected chi connectivity index (χ3v) is 4.68. The van der Waals surface area contributed by atoms with Crippen molar-refractivity contribution < 1.29 is 9.13 Å². The van der Waals surface area contributed by atoms with Crippen LogP contribution in [0.25, 0.3) is 0 Å². The monoisotopic (exact) mass is 414 g/mol. The van der Waals surface area contributed by atoms with Gasteiger partial charge in [-0.2, -0.15) is 0 Å². The van der Waals surface area contributed by atoms with Crippen molar-refractivity contribution in [3.05, 3.63) is 64.4 Å². The highest BCUT2D eigenvalue weighted by Gasteiger charge is 2.09. The zero-order chi connectivity index (χ0) is 15.1. The molecule has 0 spiro atoms. The molecule has 112 valence electrons. The average Bonchev–Trinajstić information content (AvgIpc) is 2.48. The van der Waals surface area contributed by atoms with Crippen LogP contribution < -0.4 is 4.74 Å². The Morgan fingerprint density at radius 2 is 1.86 bits per heavy atom. The molecule has 21 heavy (non-hydrogen) atoms. The number of ether oxygens (including phenoxy) is 1. The van der Waals surface area contributed by atoms with Gasteiger partial charge in [0.15, 0.2) is 0 Å². The van der Waals surface area contributed by atoms with Gasteiger partial charge in [-0.1, -0.05) is 44.0 Å². The zero-order valence-electron chi connectivity index (χ0n) is 11.6. The number of benzene rings is 2. The number of alkyl halides is 1. The Kier molecular flexibility index (Phi) is 6.71. The van der Waals surface area contributed by atoms with E-state index >= 15 is 0 Å². The first-order valence-corrected chi connectivity index (χ1v) is 8.77. The first-order valence-electron chi connectivity index (χ1n) is 6.86. The Morgan fingerprint density at radius 3 is 2.52 bits per heavy atom. The molecule has 0 heterocycles. The predicted molar refractivity (Wildman–Crippen MR) is 91.6 cm³/mol. The van der Waals surface area contributed by atoms with Crippen LogP contribution in [0.4, 0.5) is 4.39 Å². The fourth-order valence-electron chi connectivity index (χ4n) is 2.11. The van der Waals surface area contributed by atoms with Crippen molar-refractivity contribution >= 4 is 31.9 Å². The van der Waals surface area contributed by atoms with Gasteiger partial charge in [-0.3, -0.25) is 0 Å². The maximum Gasteiger partial charge on any atom is 0.123 e. The van der Waals surface area contributed by atoms with E-state index in [1.807, 2.05) is 30.3 Å². The van der Waals surface area contributed by atoms with E-state index in [0.29, 0.717) is 12.5 Å². The number of hydrogen-bond donors (Lipinski definition) is 0. The minimum Gasteiger partial charge on any atom is -0.494 e. The topological polar surface area (TPSA) is 9.23 Å². The van der Waals surface area contributed by atoms with Crippen LogP contribution in [0.2, 0.25) is 0 Å². The lowest BCUT2D eigenvalue weighted by atomic mass is 9.98. The number of halogens is 3. The van der Waals surface area contributed by atoms with Crippen LogP contribution in [0.1, 0.15) is 12.0 Å². The Hall–Kier alpha value is -0.870. The van der Waals surface area contributed by atoms with Crippen molar-refractivity contribution in [3.8, 4) is 5.75 Å². The van der Waals surface area contributed by atoms with Gasteiger partial charge in [-0.25, -0.2) is 4.39 Å². The molecule has 0 aliphatic rings. The largest absolute Gasteiger partial charge is 0.494 e. The van der Waals surface area contributed by atoms with Crippen LogP contribution in [-0.2, 0) is 6.42 Å². The summed E-state index contributed by atoms with van der Waals surface area (Å²) in [5.41, 5.74) is 1.03. The molecular formula is C17H17Br2FO. The molecule has 1 nitrogen and oxygen atoms in total. The molecule has 2 aromatic rings. The fourth-order valence-corrected chi connectivity index (χ4v) is 2.92. The average molecular weight is 416 g/mol. The van der Waals surface area contributed by atoms with Crippen LogP contribution in [0.3, 0.4) is 0 Å². The molecule has 0 aromatic heterocycles. The zero-order valence-corrected chi connectivity index (χ0v) is 14.7. The van der Waals surface area contributed by atoms with Crippen molar-refractivity contribution in [3.63, 3.8) is 0 Å². The molecule has 0 aliphatic carbocycles. The summed E-state index contributed by atoms with van der Waals surface area (Å²) in [7, 11) is 0. The number of hydrogen-bond acceptors (Lipinski definition) is 1. The highest BCUT2D eigenvalue weighted by Crippen LogP contribution is 2.19. The molecule has 0 radical (unpaired) electrons. The van der Waals surface area contributed by atoms with Gasteiger partial charge in [0.05, 0.1) is 6.61 Å². The highest BCUT2D eigenvalue weighted by molar-refractivity contribution is 9.10. The van der Waals surface area contributed by atoms with Gasteiger partial charge in [0.25, 0.3) is 0 Å². The second-order valence-corrected chi connectivity index (χ2v) is 6.51. The molecule has 0 bridgehead atoms. The maximum absolute atomic E-state index is 13.2. The first-order chi connectivity index (χ1) is 10.2. The predicted octanol–water partition coefficient (Wildman–Crippen LogP) is 5.61. The van der Waals surface area contributed by atoms with E-state index in [9.17, 15) is 4.39 Å². The van der Waals surface area contributed by atoms with E-state index < -0.39 is 0 Å². The second-order valence-electron chi connectivity index (χ2n) is 4.95. The smallest absolute Gasteiger partial charge is 0.123 e. The minimum absolute atomic E-state index is 0.174. The van der Waals surface area contributed by atoms with Gasteiger partial charge in [-0.05, 0) is 60.7 Å². The van der Waals surface area contributed by atoms with E-state index in [-0.39, 0.29) is 5.82 Å². The van der Waals surface area contributed by atoms with Crippen molar-refractivity contribution in [2.45, 2.75) is 12.8 Å². The molecule has 0 N–H and O–H groups in total. The standard InChI is InChI=1S/C17H17Br2FO/c18-12-14(10-13-2-1-3-16(20)11-13)8-9-21-17-6-4-15(19)5-7-17/h1-7,11,14H,8-10,12H2. The Labute approximate surface area is 141 Å². The SMILES string of the molecule is Fc1cccc(CC(CBr)CCOc2ccc(Br)cc2)c1. The molecule has 2 rings (SSSR count). The second kappa shape index (κ2) is 8.54. The van der Waals surface area contributed by atoms with Gasteiger partial charge < -0.3 is 4.74 Å². The lowest BCUT2D eigenvalue weighted by Crippen LogP contribution is -2.11. The molecular weight excluding hydrogens is 399 g/mol. The maximum atomic E-state index is 13.2. The minimum atomic E-state index is -0.174. The van der Waals surface area contributed by atoms with Crippen LogP contribution in [0.5, 0.6) is 5.75 Å². The molecule has 1 atom stereocenters. The van der Waals surface area contributed by atoms with Gasteiger partial charge in [-0.15, -0.1) is 0 Å². The lowest BCUT2D eigenvalue weighted by Gasteiger charge is -2.15. The van der Waals surface area contributed by atoms with Gasteiger partial charge in [0, 0.05) is 9.80 Å². The molecule has 0 aliphatic heterocycles. The molecule has 0 saturated carbocycles. The van der Waals surface area contributed by atoms with Gasteiger partial charge >= 0.3 is 0 Å². The lowest BCUT2D eigenvalue weighted by molar-refractivity contribution is 0.285. The third-order valence-electron chi connectivity index (χ3n) is 3.24. The van der Waals surface area contributed by atoms with Crippen molar-refractivity contribution in [1.29, 1.82) is 0 Å². The summed E-state index contributed by atoms with van der Waals surface area (Å²) in [5.74, 6) is 1.13. The number of rotatable bonds is 7. The van der Waals surface area contributed by atoms with E-state index in [2.05, 4.69) is 31.9 Å². The summed E-state index contributed by atoms with van der Waals surface area (Å²) in [5, 5.41) is 0.882. The van der Waals surface area contributed by atoms with Gasteiger partial charge in [0.1, 0.15) is 11.6 Å². The Balaban J connectivity index is 1.81. The van der Waals surface area contributed by atoms with Crippen molar-refractivity contribution in [2.75, 3.05) is 11.9 Å². The van der Waals surface area contributed by atoms with E-state index in [1.165, 1.54) is 6.07 Å². The van der Waals surface area contributed by atoms with Crippen molar-refractivity contribution in [1.82, 2.24) is 0 Å². The summed E-state index contributed by atoms with van der Waals surface area (Å²) in [6, 6.07) is 14.6. The molecule has 0 saturated heterocycles. The summed E-state index contributed by atoms with van der Waals surface area (Å²) >= 11 is 6.93. The van der Waals surface area contributed by atoms with E-state index in [1.54, 1.807) is 12.1 Å². The molecule has 1 unspecified atom stereocenters. The van der Waals surface area contributed by atoms with E-state index in [0.717, 1.165) is 34.0 Å². The first kappa shape index (κ1) is 16.5. The molecule has 0 amide bonds. The quantitative estimate of drug-likeness (QED) is 0.534. The Morgan fingerprint density at radius 1 is 1.10 bits per heavy atom. The van der Waals surface area contributed by atoms with E-state index in [4.69, 9.17) is 4.74 Å². The summed E-state index contributed by atoms with van der Waals surface area (Å²) in [6.45, 7) is 0.660. The molecule has 0 fully saturated rings.